The first-order valence-electron chi connectivity index (χ1n) is 10.1. The van der Waals surface area contributed by atoms with Crippen molar-refractivity contribution in [3.8, 4) is 0 Å². The first-order valence-corrected chi connectivity index (χ1v) is 10.1. The SMILES string of the molecule is CCCCC/C=C/CC/C=C/C(O)C(CO)NC(=O)CCCCCC. The number of aliphatic hydroxyl groups is 2. The van der Waals surface area contributed by atoms with Crippen molar-refractivity contribution in [1.29, 1.82) is 0 Å². The fourth-order valence-electron chi connectivity index (χ4n) is 2.54. The van der Waals surface area contributed by atoms with Crippen molar-refractivity contribution >= 4 is 5.91 Å². The predicted molar refractivity (Wildman–Crippen MR) is 105 cm³/mol. The zero-order chi connectivity index (χ0) is 18.8. The number of carbonyl (C=O) groups excluding carboxylic acids is 1. The summed E-state index contributed by atoms with van der Waals surface area (Å²) < 4.78 is 0. The van der Waals surface area contributed by atoms with Gasteiger partial charge in [0.15, 0.2) is 0 Å². The average Bonchev–Trinajstić information content (AvgIpc) is 2.61. The molecule has 4 heteroatoms. The maximum absolute atomic E-state index is 11.8. The molecule has 3 N–H and O–H groups in total. The second kappa shape index (κ2) is 17.7. The van der Waals surface area contributed by atoms with E-state index in [0.29, 0.717) is 6.42 Å². The highest BCUT2D eigenvalue weighted by Gasteiger charge is 2.17. The van der Waals surface area contributed by atoms with Gasteiger partial charge in [-0.1, -0.05) is 70.3 Å². The fourth-order valence-corrected chi connectivity index (χ4v) is 2.54. The van der Waals surface area contributed by atoms with E-state index in [1.165, 1.54) is 19.3 Å². The molecule has 146 valence electrons. The Kier molecular flexibility index (Phi) is 16.9. The van der Waals surface area contributed by atoms with Crippen LogP contribution in [0.1, 0.15) is 84.5 Å². The zero-order valence-electron chi connectivity index (χ0n) is 16.3. The summed E-state index contributed by atoms with van der Waals surface area (Å²) in [6.45, 7) is 4.07. The van der Waals surface area contributed by atoms with Crippen molar-refractivity contribution in [1.82, 2.24) is 5.32 Å². The molecule has 0 radical (unpaired) electrons. The van der Waals surface area contributed by atoms with Gasteiger partial charge in [0, 0.05) is 6.42 Å². The van der Waals surface area contributed by atoms with E-state index < -0.39 is 12.1 Å². The number of unbranched alkanes of at least 4 members (excludes halogenated alkanes) is 7. The Morgan fingerprint density at radius 2 is 1.56 bits per heavy atom. The molecule has 0 saturated carbocycles. The van der Waals surface area contributed by atoms with E-state index in [1.54, 1.807) is 6.08 Å². The van der Waals surface area contributed by atoms with Gasteiger partial charge < -0.3 is 15.5 Å². The fraction of sp³-hybridized carbons (Fsp3) is 0.762. The summed E-state index contributed by atoms with van der Waals surface area (Å²) in [5.74, 6) is -0.0994. The van der Waals surface area contributed by atoms with Crippen molar-refractivity contribution < 1.29 is 15.0 Å². The van der Waals surface area contributed by atoms with Crippen molar-refractivity contribution in [2.75, 3.05) is 6.61 Å². The Morgan fingerprint density at radius 3 is 2.24 bits per heavy atom. The Balaban J connectivity index is 3.94. The number of hydrogen-bond donors (Lipinski definition) is 3. The molecule has 0 aromatic heterocycles. The third kappa shape index (κ3) is 14.9. The lowest BCUT2D eigenvalue weighted by molar-refractivity contribution is -0.123. The second-order valence-corrected chi connectivity index (χ2v) is 6.63. The van der Waals surface area contributed by atoms with E-state index in [1.807, 2.05) is 6.08 Å². The molecule has 0 aromatic carbocycles. The zero-order valence-corrected chi connectivity index (χ0v) is 16.3. The molecule has 0 aliphatic rings. The average molecular weight is 354 g/mol. The van der Waals surface area contributed by atoms with Crippen LogP contribution in [0.4, 0.5) is 0 Å². The maximum atomic E-state index is 11.8. The normalized spacial score (nSPS) is 14.2. The van der Waals surface area contributed by atoms with Gasteiger partial charge in [0.2, 0.25) is 5.91 Å². The Bertz CT molecular complexity index is 366. The molecule has 0 rings (SSSR count). The van der Waals surface area contributed by atoms with Gasteiger partial charge in [-0.3, -0.25) is 4.79 Å². The summed E-state index contributed by atoms with van der Waals surface area (Å²) in [5.41, 5.74) is 0. The van der Waals surface area contributed by atoms with Gasteiger partial charge in [0.1, 0.15) is 0 Å². The number of allylic oxidation sites excluding steroid dienone is 3. The molecular weight excluding hydrogens is 314 g/mol. The summed E-state index contributed by atoms with van der Waals surface area (Å²) >= 11 is 0. The van der Waals surface area contributed by atoms with Crippen LogP contribution in [0.5, 0.6) is 0 Å². The summed E-state index contributed by atoms with van der Waals surface area (Å²) in [6, 6.07) is -0.625. The summed E-state index contributed by atoms with van der Waals surface area (Å²) in [6.07, 6.45) is 18.5. The lowest BCUT2D eigenvalue weighted by Crippen LogP contribution is -2.45. The highest BCUT2D eigenvalue weighted by atomic mass is 16.3. The quantitative estimate of drug-likeness (QED) is 0.287. The van der Waals surface area contributed by atoms with Gasteiger partial charge >= 0.3 is 0 Å². The summed E-state index contributed by atoms with van der Waals surface area (Å²) in [7, 11) is 0. The molecule has 2 unspecified atom stereocenters. The lowest BCUT2D eigenvalue weighted by Gasteiger charge is -2.19. The molecule has 2 atom stereocenters. The molecule has 0 fully saturated rings. The van der Waals surface area contributed by atoms with Crippen LogP contribution in [-0.2, 0) is 4.79 Å². The molecule has 0 spiro atoms. The third-order valence-corrected chi connectivity index (χ3v) is 4.19. The van der Waals surface area contributed by atoms with Crippen LogP contribution in [-0.4, -0.2) is 34.9 Å². The van der Waals surface area contributed by atoms with Crippen LogP contribution in [0.25, 0.3) is 0 Å². The van der Waals surface area contributed by atoms with E-state index in [0.717, 1.165) is 44.9 Å². The standard InChI is InChI=1S/C21H39NO3/c1-3-5-7-9-10-11-12-13-14-16-20(24)19(18-23)22-21(25)17-15-8-6-4-2/h10-11,14,16,19-20,23-24H,3-9,12-13,15,17-18H2,1-2H3,(H,22,25)/b11-10+,16-14+. The maximum Gasteiger partial charge on any atom is 0.220 e. The molecule has 0 saturated heterocycles. The second-order valence-electron chi connectivity index (χ2n) is 6.63. The predicted octanol–water partition coefficient (Wildman–Crippen LogP) is 4.27. The molecular formula is C21H39NO3. The van der Waals surface area contributed by atoms with Gasteiger partial charge in [0.25, 0.3) is 0 Å². The Labute approximate surface area is 154 Å². The molecule has 25 heavy (non-hydrogen) atoms. The van der Waals surface area contributed by atoms with Crippen LogP contribution in [0.3, 0.4) is 0 Å². The molecule has 0 aliphatic carbocycles. The molecule has 1 amide bonds. The minimum Gasteiger partial charge on any atom is -0.394 e. The summed E-state index contributed by atoms with van der Waals surface area (Å²) in [4.78, 5) is 11.8. The van der Waals surface area contributed by atoms with Crippen molar-refractivity contribution in [2.24, 2.45) is 0 Å². The summed E-state index contributed by atoms with van der Waals surface area (Å²) in [5, 5.41) is 22.2. The van der Waals surface area contributed by atoms with Gasteiger partial charge in [-0.25, -0.2) is 0 Å². The van der Waals surface area contributed by atoms with Crippen molar-refractivity contribution in [3.05, 3.63) is 24.3 Å². The first kappa shape index (κ1) is 23.9. The van der Waals surface area contributed by atoms with Gasteiger partial charge in [-0.15, -0.1) is 0 Å². The largest absolute Gasteiger partial charge is 0.394 e. The molecule has 0 heterocycles. The van der Waals surface area contributed by atoms with Gasteiger partial charge in [-0.05, 0) is 32.1 Å². The Morgan fingerprint density at radius 1 is 0.920 bits per heavy atom. The van der Waals surface area contributed by atoms with E-state index in [4.69, 9.17) is 0 Å². The smallest absolute Gasteiger partial charge is 0.220 e. The van der Waals surface area contributed by atoms with Gasteiger partial charge in [-0.2, -0.15) is 0 Å². The minimum absolute atomic E-state index is 0.0994. The minimum atomic E-state index is -0.849. The molecule has 0 aromatic rings. The number of aliphatic hydroxyl groups excluding tert-OH is 2. The lowest BCUT2D eigenvalue weighted by atomic mass is 10.1. The number of carbonyl (C=O) groups is 1. The van der Waals surface area contributed by atoms with E-state index in [2.05, 4.69) is 31.3 Å². The molecule has 0 bridgehead atoms. The first-order chi connectivity index (χ1) is 12.2. The molecule has 0 aliphatic heterocycles. The number of rotatable bonds is 16. The monoisotopic (exact) mass is 353 g/mol. The topological polar surface area (TPSA) is 69.6 Å². The van der Waals surface area contributed by atoms with Crippen LogP contribution in [0, 0.1) is 0 Å². The molecule has 4 nitrogen and oxygen atoms in total. The van der Waals surface area contributed by atoms with Crippen molar-refractivity contribution in [2.45, 2.75) is 96.6 Å². The van der Waals surface area contributed by atoms with Crippen LogP contribution in [0.15, 0.2) is 24.3 Å². The van der Waals surface area contributed by atoms with Crippen LogP contribution < -0.4 is 5.32 Å². The van der Waals surface area contributed by atoms with E-state index in [9.17, 15) is 15.0 Å². The van der Waals surface area contributed by atoms with Crippen molar-refractivity contribution in [3.63, 3.8) is 0 Å². The number of amides is 1. The Hall–Kier alpha value is -1.13. The van der Waals surface area contributed by atoms with Crippen LogP contribution >= 0.6 is 0 Å². The highest BCUT2D eigenvalue weighted by Crippen LogP contribution is 2.05. The van der Waals surface area contributed by atoms with E-state index in [-0.39, 0.29) is 12.5 Å². The van der Waals surface area contributed by atoms with E-state index >= 15 is 0 Å². The highest BCUT2D eigenvalue weighted by molar-refractivity contribution is 5.76. The number of nitrogens with one attached hydrogen (secondary N) is 1. The van der Waals surface area contributed by atoms with Crippen LogP contribution in [0.2, 0.25) is 0 Å². The third-order valence-electron chi connectivity index (χ3n) is 4.19. The number of hydrogen-bond acceptors (Lipinski definition) is 3. The van der Waals surface area contributed by atoms with Gasteiger partial charge in [0.05, 0.1) is 18.8 Å².